The van der Waals surface area contributed by atoms with Crippen LogP contribution in [0.15, 0.2) is 8.97 Å². The first-order valence-electron chi connectivity index (χ1n) is 1.35. The van der Waals surface area contributed by atoms with Gasteiger partial charge in [-0.15, -0.1) is 0 Å². The van der Waals surface area contributed by atoms with Gasteiger partial charge < -0.3 is 0 Å². The van der Waals surface area contributed by atoms with Crippen molar-refractivity contribution in [3.05, 3.63) is 5.07 Å². The van der Waals surface area contributed by atoms with Crippen molar-refractivity contribution in [1.29, 1.82) is 0 Å². The summed E-state index contributed by atoms with van der Waals surface area (Å²) in [6.07, 6.45) is 0. The van der Waals surface area contributed by atoms with E-state index in [-0.39, 0.29) is 0 Å². The van der Waals surface area contributed by atoms with Crippen LogP contribution in [0.4, 0.5) is 0 Å². The van der Waals surface area contributed by atoms with Crippen LogP contribution in [-0.2, 0) is 0 Å². The van der Waals surface area contributed by atoms with Gasteiger partial charge in [0.1, 0.15) is 0 Å². The van der Waals surface area contributed by atoms with Gasteiger partial charge in [-0.25, -0.2) is 0 Å². The molecule has 0 bridgehead atoms. The molecule has 0 saturated carbocycles. The topological polar surface area (TPSA) is 25.8 Å². The van der Waals surface area contributed by atoms with E-state index in [2.05, 4.69) is 22.8 Å². The van der Waals surface area contributed by atoms with Gasteiger partial charge in [0.15, 0.2) is 0 Å². The third-order valence-corrected chi connectivity index (χ3v) is 2.02. The monoisotopic (exact) mass is 166 g/mol. The average molecular weight is 165 g/mol. The van der Waals surface area contributed by atoms with Crippen molar-refractivity contribution in [2.45, 2.75) is 3.90 Å². The molecular weight excluding hydrogens is 163 g/mol. The Morgan fingerprint density at radius 1 is 1.83 bits per heavy atom. The molecule has 0 amide bonds. The van der Waals surface area contributed by atoms with Crippen molar-refractivity contribution in [2.75, 3.05) is 0 Å². The molecule has 0 atom stereocenters. The predicted octanol–water partition coefficient (Wildman–Crippen LogP) is -0.178. The Balaban J connectivity index is 3.05. The van der Waals surface area contributed by atoms with E-state index in [1.54, 1.807) is 5.07 Å². The van der Waals surface area contributed by atoms with E-state index in [0.29, 0.717) is 14.5 Å². The molecule has 0 saturated heterocycles. The molecule has 1 aromatic heterocycles. The van der Waals surface area contributed by atoms with Gasteiger partial charge in [0.25, 0.3) is 0 Å². The zero-order valence-corrected chi connectivity index (χ0v) is 5.43. The molecule has 2 nitrogen and oxygen atoms in total. The van der Waals surface area contributed by atoms with Crippen molar-refractivity contribution < 1.29 is 0 Å². The summed E-state index contributed by atoms with van der Waals surface area (Å²) in [5.74, 6) is 0. The quantitative estimate of drug-likeness (QED) is 0.426. The molecule has 0 fully saturated rings. The van der Waals surface area contributed by atoms with Crippen LogP contribution >= 0.6 is 12.6 Å². The van der Waals surface area contributed by atoms with Crippen molar-refractivity contribution >= 4 is 27.1 Å². The molecule has 0 aromatic carbocycles. The number of thiol groups is 1. The molecule has 32 valence electrons. The van der Waals surface area contributed by atoms with E-state index in [9.17, 15) is 0 Å². The molecule has 0 aliphatic rings. The van der Waals surface area contributed by atoms with Gasteiger partial charge in [0.05, 0.1) is 0 Å². The summed E-state index contributed by atoms with van der Waals surface area (Å²) in [5.41, 5.74) is 0. The van der Waals surface area contributed by atoms with Crippen molar-refractivity contribution in [1.82, 2.24) is 10.2 Å². The molecule has 1 aromatic rings. The summed E-state index contributed by atoms with van der Waals surface area (Å²) >= 11 is 4.30. The summed E-state index contributed by atoms with van der Waals surface area (Å²) in [5, 5.41) is 8.98. The summed E-state index contributed by atoms with van der Waals surface area (Å²) in [6, 6.07) is 0. The van der Waals surface area contributed by atoms with Gasteiger partial charge in [-0.1, -0.05) is 0 Å². The first kappa shape index (κ1) is 4.37. The second-order valence-corrected chi connectivity index (χ2v) is 3.57. The third kappa shape index (κ3) is 0.834. The van der Waals surface area contributed by atoms with E-state index >= 15 is 0 Å². The summed E-state index contributed by atoms with van der Waals surface area (Å²) < 4.78 is 0.863. The zero-order valence-electron chi connectivity index (χ0n) is 2.83. The Hall–Kier alpha value is 0.209. The Bertz CT molecular complexity index is 115. The molecule has 0 unspecified atom stereocenters. The summed E-state index contributed by atoms with van der Waals surface area (Å²) in [4.78, 5) is 0. The van der Waals surface area contributed by atoms with E-state index in [1.165, 1.54) is 0 Å². The van der Waals surface area contributed by atoms with Crippen LogP contribution in [0.2, 0.25) is 0 Å². The second-order valence-electron chi connectivity index (χ2n) is 0.721. The van der Waals surface area contributed by atoms with Gasteiger partial charge in [0, 0.05) is 0 Å². The van der Waals surface area contributed by atoms with Crippen LogP contribution in [0.5, 0.6) is 0 Å². The van der Waals surface area contributed by atoms with Gasteiger partial charge in [-0.3, -0.25) is 0 Å². The maximum absolute atomic E-state index is 3.95. The molecular formula is C2H2N2SSe. The fraction of sp³-hybridized carbons (Fsp3) is 0. The third-order valence-electron chi connectivity index (χ3n) is 0.349. The first-order valence-corrected chi connectivity index (χ1v) is 3.64. The number of nitrogens with zero attached hydrogens (tertiary/aromatic N) is 2. The second kappa shape index (κ2) is 1.78. The van der Waals surface area contributed by atoms with Crippen molar-refractivity contribution in [3.8, 4) is 0 Å². The molecule has 0 aliphatic heterocycles. The number of hydrogen-bond acceptors (Lipinski definition) is 3. The van der Waals surface area contributed by atoms with Gasteiger partial charge in [0.2, 0.25) is 0 Å². The number of rotatable bonds is 0. The summed E-state index contributed by atoms with van der Waals surface area (Å²) in [7, 11) is 0. The molecule has 0 N–H and O–H groups in total. The summed E-state index contributed by atoms with van der Waals surface area (Å²) in [6.45, 7) is 0. The van der Waals surface area contributed by atoms with Crippen molar-refractivity contribution in [3.63, 3.8) is 0 Å². The first-order chi connectivity index (χ1) is 2.89. The Kier molecular flexibility index (Phi) is 1.29. The van der Waals surface area contributed by atoms with E-state index < -0.39 is 0 Å². The van der Waals surface area contributed by atoms with Crippen LogP contribution in [0, 0.1) is 0 Å². The Morgan fingerprint density at radius 3 is 2.83 bits per heavy atom. The standard InChI is InChI=1S/C2H2N2SSe/c5-2-4-3-1-6-2/h1H,(H,4,5). The van der Waals surface area contributed by atoms with Gasteiger partial charge in [-0.05, 0) is 0 Å². The van der Waals surface area contributed by atoms with Crippen LogP contribution in [0.3, 0.4) is 0 Å². The predicted molar refractivity (Wildman–Crippen MR) is 26.2 cm³/mol. The fourth-order valence-electron chi connectivity index (χ4n) is 0.167. The van der Waals surface area contributed by atoms with E-state index in [0.717, 1.165) is 3.90 Å². The fourth-order valence-corrected chi connectivity index (χ4v) is 1.06. The minimum atomic E-state index is 0.350. The van der Waals surface area contributed by atoms with Gasteiger partial charge >= 0.3 is 46.3 Å². The maximum atomic E-state index is 3.95. The number of hydrogen-bond donors (Lipinski definition) is 1. The average Bonchev–Trinajstić information content (AvgIpc) is 1.86. The number of aromatic nitrogens is 2. The minimum absolute atomic E-state index is 0.350. The van der Waals surface area contributed by atoms with Crippen LogP contribution in [-0.4, -0.2) is 24.7 Å². The van der Waals surface area contributed by atoms with Crippen molar-refractivity contribution in [2.24, 2.45) is 0 Å². The normalized spacial score (nSPS) is 8.83. The Morgan fingerprint density at radius 2 is 2.67 bits per heavy atom. The molecule has 0 radical (unpaired) electrons. The van der Waals surface area contributed by atoms with Crippen LogP contribution < -0.4 is 0 Å². The molecule has 4 heteroatoms. The zero-order chi connectivity index (χ0) is 4.41. The molecule has 6 heavy (non-hydrogen) atoms. The Labute approximate surface area is 46.8 Å². The van der Waals surface area contributed by atoms with E-state index in [1.807, 2.05) is 0 Å². The molecule has 0 aliphatic carbocycles. The van der Waals surface area contributed by atoms with E-state index in [4.69, 9.17) is 0 Å². The molecule has 0 spiro atoms. The molecule has 1 rings (SSSR count). The van der Waals surface area contributed by atoms with Gasteiger partial charge in [-0.2, -0.15) is 0 Å². The SMILES string of the molecule is Sc1nnc[se]1. The van der Waals surface area contributed by atoms with Crippen LogP contribution in [0.25, 0.3) is 0 Å². The molecule has 1 heterocycles. The van der Waals surface area contributed by atoms with Crippen LogP contribution in [0.1, 0.15) is 0 Å².